The second-order valence-corrected chi connectivity index (χ2v) is 17.6. The molecule has 0 bridgehead atoms. The Balaban J connectivity index is 1.20. The zero-order valence-corrected chi connectivity index (χ0v) is 33.9. The molecule has 12 rings (SSSR count). The van der Waals surface area contributed by atoms with Gasteiger partial charge in [-0.05, 0) is 101 Å². The second-order valence-electron chi connectivity index (χ2n) is 17.6. The molecule has 3 atom stereocenters. The Bertz CT molecular complexity index is 3370. The predicted octanol–water partition coefficient (Wildman–Crippen LogP) is 14.9. The average Bonchev–Trinajstić information content (AvgIpc) is 3.67. The van der Waals surface area contributed by atoms with Crippen LogP contribution < -0.4 is 0 Å². The third kappa shape index (κ3) is 4.90. The number of aromatic nitrogens is 1. The summed E-state index contributed by atoms with van der Waals surface area (Å²) in [4.78, 5) is 5.94. The minimum Gasteiger partial charge on any atom is -0.297 e. The number of hydrogen-bond acceptors (Lipinski definition) is 1. The highest BCUT2D eigenvalue weighted by Gasteiger charge is 2.38. The van der Waals surface area contributed by atoms with E-state index in [1.54, 1.807) is 0 Å². The van der Waals surface area contributed by atoms with Crippen LogP contribution in [0.25, 0.3) is 82.1 Å². The van der Waals surface area contributed by atoms with E-state index in [9.17, 15) is 0 Å². The fraction of sp³-hybridized carbons (Fsp3) is 0.140. The van der Waals surface area contributed by atoms with Gasteiger partial charge in [-0.15, -0.1) is 0 Å². The monoisotopic (exact) mass is 756 g/mol. The van der Waals surface area contributed by atoms with E-state index >= 15 is 0 Å². The molecular weight excluding hydrogens is 713 g/mol. The molecule has 2 aliphatic carbocycles. The standard InChI is InChI=1S/C57H44N2/c1-34-35(2)56(58-55(45-24-13-8-18-39(34)45)38-28-26-37(27-29-38)36-16-6-5-7-17-36)59-53-32-47-43-22-12-10-20-41(43)40-19-9-11-21-42(40)46(47)30-49(53)50-31-48-44-23-14-15-25-51(44)57(3,4)52(48)33-54(50)59/h5-35,39H,1-4H3. The van der Waals surface area contributed by atoms with Gasteiger partial charge in [0.15, 0.2) is 0 Å². The van der Waals surface area contributed by atoms with Crippen molar-refractivity contribution in [3.8, 4) is 22.3 Å². The summed E-state index contributed by atoms with van der Waals surface area (Å²) in [6.45, 7) is 9.61. The largest absolute Gasteiger partial charge is 0.297 e. The Morgan fingerprint density at radius 1 is 0.492 bits per heavy atom. The van der Waals surface area contributed by atoms with Gasteiger partial charge in [-0.1, -0.05) is 179 Å². The van der Waals surface area contributed by atoms with Crippen molar-refractivity contribution in [2.45, 2.75) is 33.1 Å². The van der Waals surface area contributed by atoms with Crippen LogP contribution in [0, 0.1) is 17.8 Å². The molecule has 0 saturated carbocycles. The van der Waals surface area contributed by atoms with Crippen LogP contribution in [0.3, 0.4) is 0 Å². The Labute approximate surface area is 345 Å². The molecule has 3 unspecified atom stereocenters. The number of aliphatic imine (C=N–C) groups is 1. The molecule has 1 aliphatic heterocycles. The molecule has 3 aliphatic rings. The van der Waals surface area contributed by atoms with Gasteiger partial charge in [-0.2, -0.15) is 0 Å². The fourth-order valence-corrected chi connectivity index (χ4v) is 10.9. The van der Waals surface area contributed by atoms with Gasteiger partial charge in [-0.25, -0.2) is 4.99 Å². The van der Waals surface area contributed by atoms with Crippen LogP contribution in [0.2, 0.25) is 0 Å². The second kappa shape index (κ2) is 12.6. The SMILES string of the molecule is CC1C(n2c3cc4c(cc3c3cc5c6ccccc6c6ccccc6c5cc32)-c2ccccc2C4(C)C)=NC(c2ccc(-c3ccccc3)cc2)=C2C=CC=CC2C1C. The van der Waals surface area contributed by atoms with Crippen LogP contribution in [-0.2, 0) is 5.41 Å². The van der Waals surface area contributed by atoms with Gasteiger partial charge >= 0.3 is 0 Å². The highest BCUT2D eigenvalue weighted by atomic mass is 15.1. The Kier molecular flexibility index (Phi) is 7.33. The van der Waals surface area contributed by atoms with Gasteiger partial charge in [0.1, 0.15) is 5.84 Å². The molecule has 0 radical (unpaired) electrons. The van der Waals surface area contributed by atoms with Crippen LogP contribution >= 0.6 is 0 Å². The van der Waals surface area contributed by atoms with E-state index in [1.807, 2.05) is 0 Å². The maximum atomic E-state index is 5.94. The van der Waals surface area contributed by atoms with Gasteiger partial charge in [0.25, 0.3) is 0 Å². The molecule has 0 fully saturated rings. The van der Waals surface area contributed by atoms with E-state index in [0.29, 0.717) is 5.92 Å². The lowest BCUT2D eigenvalue weighted by atomic mass is 9.77. The van der Waals surface area contributed by atoms with E-state index < -0.39 is 0 Å². The summed E-state index contributed by atoms with van der Waals surface area (Å²) < 4.78 is 2.57. The van der Waals surface area contributed by atoms with Crippen LogP contribution in [0.5, 0.6) is 0 Å². The van der Waals surface area contributed by atoms with Crippen molar-refractivity contribution in [2.24, 2.45) is 22.7 Å². The van der Waals surface area contributed by atoms with Crippen molar-refractivity contribution in [3.63, 3.8) is 0 Å². The van der Waals surface area contributed by atoms with Crippen molar-refractivity contribution < 1.29 is 0 Å². The predicted molar refractivity (Wildman–Crippen MR) is 251 cm³/mol. The molecule has 8 aromatic carbocycles. The Morgan fingerprint density at radius 2 is 1.07 bits per heavy atom. The first-order valence-electron chi connectivity index (χ1n) is 21.2. The first-order chi connectivity index (χ1) is 28.9. The number of rotatable bonds is 2. The zero-order chi connectivity index (χ0) is 39.6. The lowest BCUT2D eigenvalue weighted by molar-refractivity contribution is 0.408. The highest BCUT2D eigenvalue weighted by molar-refractivity contribution is 6.29. The van der Waals surface area contributed by atoms with E-state index in [1.165, 1.54) is 93.1 Å². The maximum absolute atomic E-state index is 5.94. The Hall–Kier alpha value is -6.77. The molecule has 2 heteroatoms. The van der Waals surface area contributed by atoms with Crippen molar-refractivity contribution >= 4 is 65.7 Å². The Morgan fingerprint density at radius 3 is 1.80 bits per heavy atom. The summed E-state index contributed by atoms with van der Waals surface area (Å²) >= 11 is 0. The van der Waals surface area contributed by atoms with Crippen molar-refractivity contribution in [3.05, 3.63) is 198 Å². The number of hydrogen-bond donors (Lipinski definition) is 0. The van der Waals surface area contributed by atoms with Gasteiger partial charge in [0, 0.05) is 33.6 Å². The van der Waals surface area contributed by atoms with Crippen LogP contribution in [0.15, 0.2) is 187 Å². The molecule has 0 saturated heterocycles. The number of nitrogens with zero attached hydrogens (tertiary/aromatic N) is 2. The summed E-state index contributed by atoms with van der Waals surface area (Å²) in [7, 11) is 0. The van der Waals surface area contributed by atoms with Crippen LogP contribution in [-0.4, -0.2) is 10.4 Å². The minimum atomic E-state index is -0.138. The van der Waals surface area contributed by atoms with Crippen molar-refractivity contribution in [1.82, 2.24) is 4.57 Å². The lowest BCUT2D eigenvalue weighted by Gasteiger charge is -2.28. The van der Waals surface area contributed by atoms with E-state index in [4.69, 9.17) is 4.99 Å². The van der Waals surface area contributed by atoms with Crippen LogP contribution in [0.1, 0.15) is 44.4 Å². The van der Waals surface area contributed by atoms with Crippen LogP contribution in [0.4, 0.5) is 0 Å². The summed E-state index contributed by atoms with van der Waals surface area (Å²) in [5.74, 6) is 1.79. The molecular formula is C57H44N2. The average molecular weight is 757 g/mol. The zero-order valence-electron chi connectivity index (χ0n) is 33.9. The summed E-state index contributed by atoms with van der Waals surface area (Å²) in [5.41, 5.74) is 13.7. The topological polar surface area (TPSA) is 17.3 Å². The summed E-state index contributed by atoms with van der Waals surface area (Å²) in [6, 6.07) is 56.6. The van der Waals surface area contributed by atoms with Gasteiger partial charge in [0.05, 0.1) is 16.7 Å². The summed E-state index contributed by atoms with van der Waals surface area (Å²) in [6.07, 6.45) is 9.12. The third-order valence-corrected chi connectivity index (χ3v) is 14.2. The van der Waals surface area contributed by atoms with Gasteiger partial charge in [-0.3, -0.25) is 4.57 Å². The molecule has 59 heavy (non-hydrogen) atoms. The number of fused-ring (bicyclic) bond motifs is 13. The lowest BCUT2D eigenvalue weighted by Crippen LogP contribution is -2.28. The maximum Gasteiger partial charge on any atom is 0.117 e. The van der Waals surface area contributed by atoms with E-state index in [2.05, 4.69) is 208 Å². The van der Waals surface area contributed by atoms with Gasteiger partial charge in [0.2, 0.25) is 0 Å². The molecule has 1 aromatic heterocycles. The first-order valence-corrected chi connectivity index (χ1v) is 21.2. The molecule has 0 N–H and O–H groups in total. The molecule has 2 heterocycles. The fourth-order valence-electron chi connectivity index (χ4n) is 10.9. The molecule has 0 spiro atoms. The van der Waals surface area contributed by atoms with E-state index in [0.717, 1.165) is 17.1 Å². The molecule has 9 aromatic rings. The van der Waals surface area contributed by atoms with E-state index in [-0.39, 0.29) is 17.3 Å². The van der Waals surface area contributed by atoms with Crippen molar-refractivity contribution in [2.75, 3.05) is 0 Å². The minimum absolute atomic E-state index is 0.138. The normalized spacial score (nSPS) is 19.4. The highest BCUT2D eigenvalue weighted by Crippen LogP contribution is 2.52. The molecule has 282 valence electrons. The number of allylic oxidation sites excluding steroid dienone is 5. The summed E-state index contributed by atoms with van der Waals surface area (Å²) in [5, 5.41) is 10.3. The quantitative estimate of drug-likeness (QED) is 0.156. The molecule has 2 nitrogen and oxygen atoms in total. The third-order valence-electron chi connectivity index (χ3n) is 14.2. The van der Waals surface area contributed by atoms with Gasteiger partial charge < -0.3 is 0 Å². The molecule has 0 amide bonds. The number of benzene rings is 8. The van der Waals surface area contributed by atoms with Crippen molar-refractivity contribution in [1.29, 1.82) is 0 Å². The smallest absolute Gasteiger partial charge is 0.117 e. The first kappa shape index (κ1) is 34.3.